The zero-order valence-corrected chi connectivity index (χ0v) is 11.5. The van der Waals surface area contributed by atoms with Crippen LogP contribution < -0.4 is 10.6 Å². The highest BCUT2D eigenvalue weighted by Crippen LogP contribution is 2.10. The number of aryl methyl sites for hydroxylation is 1. The molecule has 5 nitrogen and oxygen atoms in total. The standard InChI is InChI=1S/C12H20N4O.ClH/c1-10-8-15-16(9-10)7-6-14-12(17)11-2-4-13-5-3-11;/h8-9,11,13H,2-7H2,1H3,(H,14,17);1H. The zero-order valence-electron chi connectivity index (χ0n) is 10.7. The highest BCUT2D eigenvalue weighted by molar-refractivity contribution is 5.85. The van der Waals surface area contributed by atoms with Gasteiger partial charge in [-0.15, -0.1) is 12.4 Å². The SMILES string of the molecule is Cc1cnn(CCNC(=O)C2CCNCC2)c1.Cl. The number of hydrogen-bond acceptors (Lipinski definition) is 3. The van der Waals surface area contributed by atoms with Gasteiger partial charge in [0.2, 0.25) is 5.91 Å². The van der Waals surface area contributed by atoms with Crippen molar-refractivity contribution in [3.63, 3.8) is 0 Å². The van der Waals surface area contributed by atoms with Crippen LogP contribution in [0.5, 0.6) is 0 Å². The summed E-state index contributed by atoms with van der Waals surface area (Å²) in [7, 11) is 0. The number of aromatic nitrogens is 2. The molecule has 0 radical (unpaired) electrons. The fourth-order valence-corrected chi connectivity index (χ4v) is 2.11. The minimum absolute atomic E-state index is 0. The molecule has 1 amide bonds. The van der Waals surface area contributed by atoms with Crippen LogP contribution in [0.4, 0.5) is 0 Å². The van der Waals surface area contributed by atoms with Crippen molar-refractivity contribution >= 4 is 18.3 Å². The van der Waals surface area contributed by atoms with Crippen molar-refractivity contribution in [1.29, 1.82) is 0 Å². The summed E-state index contributed by atoms with van der Waals surface area (Å²) in [5.74, 6) is 0.381. The van der Waals surface area contributed by atoms with Crippen LogP contribution in [0.25, 0.3) is 0 Å². The van der Waals surface area contributed by atoms with Gasteiger partial charge in [-0.3, -0.25) is 9.48 Å². The van der Waals surface area contributed by atoms with Crippen LogP contribution in [0.2, 0.25) is 0 Å². The van der Waals surface area contributed by atoms with Crippen LogP contribution in [-0.4, -0.2) is 35.3 Å². The van der Waals surface area contributed by atoms with Gasteiger partial charge in [0.15, 0.2) is 0 Å². The van der Waals surface area contributed by atoms with E-state index in [9.17, 15) is 4.79 Å². The molecule has 2 rings (SSSR count). The third kappa shape index (κ3) is 4.31. The first-order valence-electron chi connectivity index (χ1n) is 6.23. The quantitative estimate of drug-likeness (QED) is 0.850. The summed E-state index contributed by atoms with van der Waals surface area (Å²) < 4.78 is 1.86. The van der Waals surface area contributed by atoms with Crippen LogP contribution in [0.1, 0.15) is 18.4 Å². The average molecular weight is 273 g/mol. The van der Waals surface area contributed by atoms with E-state index in [0.717, 1.165) is 38.0 Å². The first kappa shape index (κ1) is 15.0. The third-order valence-corrected chi connectivity index (χ3v) is 3.11. The summed E-state index contributed by atoms with van der Waals surface area (Å²) >= 11 is 0. The summed E-state index contributed by atoms with van der Waals surface area (Å²) in [4.78, 5) is 11.8. The van der Waals surface area contributed by atoms with Gasteiger partial charge in [0, 0.05) is 18.7 Å². The number of carbonyl (C=O) groups excluding carboxylic acids is 1. The molecule has 0 aromatic carbocycles. The lowest BCUT2D eigenvalue weighted by Crippen LogP contribution is -2.39. The van der Waals surface area contributed by atoms with Gasteiger partial charge in [-0.2, -0.15) is 5.10 Å². The molecule has 1 aliphatic rings. The molecule has 1 aliphatic heterocycles. The first-order chi connectivity index (χ1) is 8.25. The van der Waals surface area contributed by atoms with Crippen LogP contribution in [0, 0.1) is 12.8 Å². The topological polar surface area (TPSA) is 59.0 Å². The molecule has 0 unspecified atom stereocenters. The Morgan fingerprint density at radius 1 is 1.56 bits per heavy atom. The van der Waals surface area contributed by atoms with Crippen molar-refractivity contribution in [3.8, 4) is 0 Å². The number of hydrogen-bond donors (Lipinski definition) is 2. The van der Waals surface area contributed by atoms with Crippen molar-refractivity contribution in [1.82, 2.24) is 20.4 Å². The van der Waals surface area contributed by atoms with E-state index in [1.807, 2.05) is 24.0 Å². The molecule has 1 saturated heterocycles. The number of piperidine rings is 1. The largest absolute Gasteiger partial charge is 0.354 e. The van der Waals surface area contributed by atoms with E-state index in [0.29, 0.717) is 6.54 Å². The second-order valence-corrected chi connectivity index (χ2v) is 4.60. The van der Waals surface area contributed by atoms with Gasteiger partial charge in [-0.05, 0) is 38.4 Å². The van der Waals surface area contributed by atoms with Crippen molar-refractivity contribution < 1.29 is 4.79 Å². The van der Waals surface area contributed by atoms with E-state index >= 15 is 0 Å². The van der Waals surface area contributed by atoms with Crippen molar-refractivity contribution in [2.45, 2.75) is 26.3 Å². The summed E-state index contributed by atoms with van der Waals surface area (Å²) in [6.45, 7) is 5.32. The molecule has 1 fully saturated rings. The number of amides is 1. The molecule has 0 bridgehead atoms. The van der Waals surface area contributed by atoms with Gasteiger partial charge < -0.3 is 10.6 Å². The summed E-state index contributed by atoms with van der Waals surface area (Å²) in [5.41, 5.74) is 1.15. The maximum absolute atomic E-state index is 11.8. The lowest BCUT2D eigenvalue weighted by Gasteiger charge is -2.21. The van der Waals surface area contributed by atoms with E-state index in [1.165, 1.54) is 0 Å². The van der Waals surface area contributed by atoms with E-state index in [4.69, 9.17) is 0 Å². The Morgan fingerprint density at radius 2 is 2.28 bits per heavy atom. The molecular formula is C12H21ClN4O. The average Bonchev–Trinajstić information content (AvgIpc) is 2.76. The summed E-state index contributed by atoms with van der Waals surface area (Å²) in [6, 6.07) is 0. The highest BCUT2D eigenvalue weighted by Gasteiger charge is 2.20. The van der Waals surface area contributed by atoms with E-state index in [-0.39, 0.29) is 24.2 Å². The van der Waals surface area contributed by atoms with Crippen molar-refractivity contribution in [3.05, 3.63) is 18.0 Å². The molecule has 1 aromatic rings. The Labute approximate surface area is 114 Å². The Morgan fingerprint density at radius 3 is 2.89 bits per heavy atom. The normalized spacial score (nSPS) is 16.1. The number of carbonyl (C=O) groups is 1. The molecule has 6 heteroatoms. The van der Waals surface area contributed by atoms with E-state index in [1.54, 1.807) is 0 Å². The van der Waals surface area contributed by atoms with Gasteiger partial charge >= 0.3 is 0 Å². The Hall–Kier alpha value is -1.07. The Kier molecular flexibility index (Phi) is 6.15. The molecule has 2 heterocycles. The molecule has 0 atom stereocenters. The molecule has 1 aromatic heterocycles. The van der Waals surface area contributed by atoms with Crippen molar-refractivity contribution in [2.24, 2.45) is 5.92 Å². The maximum atomic E-state index is 11.8. The van der Waals surface area contributed by atoms with Gasteiger partial charge in [-0.1, -0.05) is 0 Å². The van der Waals surface area contributed by atoms with Crippen LogP contribution in [-0.2, 0) is 11.3 Å². The highest BCUT2D eigenvalue weighted by atomic mass is 35.5. The zero-order chi connectivity index (χ0) is 12.1. The van der Waals surface area contributed by atoms with Gasteiger partial charge in [0.25, 0.3) is 0 Å². The molecule has 0 aliphatic carbocycles. The predicted molar refractivity (Wildman–Crippen MR) is 72.8 cm³/mol. The fraction of sp³-hybridized carbons (Fsp3) is 0.667. The lowest BCUT2D eigenvalue weighted by molar-refractivity contribution is -0.125. The second kappa shape index (κ2) is 7.38. The van der Waals surface area contributed by atoms with E-state index < -0.39 is 0 Å². The minimum Gasteiger partial charge on any atom is -0.354 e. The molecular weight excluding hydrogens is 252 g/mol. The van der Waals surface area contributed by atoms with Crippen LogP contribution in [0.3, 0.4) is 0 Å². The molecule has 102 valence electrons. The molecule has 2 N–H and O–H groups in total. The van der Waals surface area contributed by atoms with Gasteiger partial charge in [0.05, 0.1) is 12.7 Å². The first-order valence-corrected chi connectivity index (χ1v) is 6.23. The number of nitrogens with zero attached hydrogens (tertiary/aromatic N) is 2. The molecule has 18 heavy (non-hydrogen) atoms. The smallest absolute Gasteiger partial charge is 0.223 e. The molecule has 0 spiro atoms. The predicted octanol–water partition coefficient (Wildman–Crippen LogP) is 0.729. The molecule has 0 saturated carbocycles. The minimum atomic E-state index is 0. The number of rotatable bonds is 4. The van der Waals surface area contributed by atoms with Gasteiger partial charge in [0.1, 0.15) is 0 Å². The Balaban J connectivity index is 0.00000162. The fourth-order valence-electron chi connectivity index (χ4n) is 2.11. The van der Waals surface area contributed by atoms with Crippen molar-refractivity contribution in [2.75, 3.05) is 19.6 Å². The Bertz CT molecular complexity index is 374. The monoisotopic (exact) mass is 272 g/mol. The van der Waals surface area contributed by atoms with E-state index in [2.05, 4.69) is 15.7 Å². The third-order valence-electron chi connectivity index (χ3n) is 3.11. The second-order valence-electron chi connectivity index (χ2n) is 4.60. The summed E-state index contributed by atoms with van der Waals surface area (Å²) in [5, 5.41) is 10.4. The van der Waals surface area contributed by atoms with Crippen LogP contribution >= 0.6 is 12.4 Å². The van der Waals surface area contributed by atoms with Crippen LogP contribution in [0.15, 0.2) is 12.4 Å². The number of nitrogens with one attached hydrogen (secondary N) is 2. The summed E-state index contributed by atoms with van der Waals surface area (Å²) in [6.07, 6.45) is 5.71. The van der Waals surface area contributed by atoms with Gasteiger partial charge in [-0.25, -0.2) is 0 Å². The number of halogens is 1. The lowest BCUT2D eigenvalue weighted by atomic mass is 9.97. The maximum Gasteiger partial charge on any atom is 0.223 e.